The van der Waals surface area contributed by atoms with Crippen molar-refractivity contribution in [2.24, 2.45) is 4.99 Å². The molecule has 37 heavy (non-hydrogen) atoms. The lowest BCUT2D eigenvalue weighted by Crippen LogP contribution is -2.53. The van der Waals surface area contributed by atoms with Crippen LogP contribution < -0.4 is 10.6 Å². The van der Waals surface area contributed by atoms with Crippen molar-refractivity contribution in [1.29, 1.82) is 0 Å². The lowest BCUT2D eigenvalue weighted by molar-refractivity contribution is -0.141. The molecule has 0 saturated carbocycles. The van der Waals surface area contributed by atoms with Gasteiger partial charge in [-0.1, -0.05) is 24.3 Å². The number of hydrogen-bond acceptors (Lipinski definition) is 6. The van der Waals surface area contributed by atoms with E-state index in [1.807, 2.05) is 37.8 Å². The summed E-state index contributed by atoms with van der Waals surface area (Å²) in [5, 5.41) is 6.01. The van der Waals surface area contributed by atoms with E-state index in [9.17, 15) is 14.4 Å². The molecule has 0 spiro atoms. The first-order valence-electron chi connectivity index (χ1n) is 13.4. The number of aryl methyl sites for hydroxylation is 1. The number of ether oxygens (including phenoxy) is 1. The molecule has 0 radical (unpaired) electrons. The van der Waals surface area contributed by atoms with Crippen LogP contribution in [0.5, 0.6) is 0 Å². The highest BCUT2D eigenvalue weighted by molar-refractivity contribution is 7.99. The van der Waals surface area contributed by atoms with Crippen LogP contribution in [-0.2, 0) is 20.7 Å². The minimum absolute atomic E-state index is 0.00879. The Morgan fingerprint density at radius 1 is 1.19 bits per heavy atom. The quantitative estimate of drug-likeness (QED) is 0.562. The summed E-state index contributed by atoms with van der Waals surface area (Å²) < 4.78 is 5.30. The molecule has 2 heterocycles. The molecule has 3 aliphatic rings. The van der Waals surface area contributed by atoms with Gasteiger partial charge in [-0.25, -0.2) is 4.79 Å². The predicted octanol–water partition coefficient (Wildman–Crippen LogP) is 4.03. The van der Waals surface area contributed by atoms with Gasteiger partial charge in [-0.05, 0) is 83.1 Å². The van der Waals surface area contributed by atoms with E-state index in [1.54, 1.807) is 24.9 Å². The average molecular weight is 529 g/mol. The Morgan fingerprint density at radius 2 is 1.97 bits per heavy atom. The van der Waals surface area contributed by atoms with Crippen LogP contribution >= 0.6 is 11.8 Å². The lowest BCUT2D eigenvalue weighted by atomic mass is 9.87. The number of thioether (sulfide) groups is 1. The summed E-state index contributed by atoms with van der Waals surface area (Å²) >= 11 is 1.72. The van der Waals surface area contributed by atoms with E-state index in [0.29, 0.717) is 12.2 Å². The lowest BCUT2D eigenvalue weighted by Gasteiger charge is -2.35. The van der Waals surface area contributed by atoms with Crippen LogP contribution in [0, 0.1) is 0 Å². The van der Waals surface area contributed by atoms with E-state index in [1.165, 1.54) is 11.1 Å². The highest BCUT2D eigenvalue weighted by Crippen LogP contribution is 2.34. The monoisotopic (exact) mass is 528 g/mol. The molecule has 0 unspecified atom stereocenters. The maximum Gasteiger partial charge on any atom is 0.408 e. The topological polar surface area (TPSA) is 100 Å². The van der Waals surface area contributed by atoms with Gasteiger partial charge in [0, 0.05) is 18.0 Å². The van der Waals surface area contributed by atoms with Gasteiger partial charge in [0.05, 0.1) is 12.1 Å². The molecule has 8 nitrogen and oxygen atoms in total. The summed E-state index contributed by atoms with van der Waals surface area (Å²) in [6.45, 7) is 7.22. The standard InChI is InChI=1S/C28H40N4O4S/c1-18(30-27(35)36-28(2,3)4)16-29-23-17-37-15-14-20-12-13-24(32(20)26(23)34)25(33)31-22-11-7-9-19-8-5-6-10-21(19)22/h5-6,8,10,16,18,20,22-24H,7,9,11-15,17H2,1-4H3,(H,30,35)(H,31,33)/t18-,20+,22+,23-,24-/m0/s1. The van der Waals surface area contributed by atoms with E-state index >= 15 is 0 Å². The molecule has 0 aromatic heterocycles. The Morgan fingerprint density at radius 3 is 2.76 bits per heavy atom. The summed E-state index contributed by atoms with van der Waals surface area (Å²) in [5.74, 6) is 1.33. The Hall–Kier alpha value is -2.55. The number of aliphatic imine (C=N–C) groups is 1. The number of rotatable bonds is 5. The molecule has 202 valence electrons. The fourth-order valence-corrected chi connectivity index (χ4v) is 6.51. The van der Waals surface area contributed by atoms with Crippen LogP contribution in [-0.4, -0.2) is 70.3 Å². The van der Waals surface area contributed by atoms with Crippen molar-refractivity contribution < 1.29 is 19.1 Å². The van der Waals surface area contributed by atoms with Crippen molar-refractivity contribution in [1.82, 2.24) is 15.5 Å². The zero-order chi connectivity index (χ0) is 26.6. The number of hydrogen-bond donors (Lipinski definition) is 2. The van der Waals surface area contributed by atoms with Crippen molar-refractivity contribution in [3.8, 4) is 0 Å². The number of nitrogens with one attached hydrogen (secondary N) is 2. The van der Waals surface area contributed by atoms with Crippen molar-refractivity contribution in [2.45, 2.75) is 102 Å². The third-order valence-electron chi connectivity index (χ3n) is 7.14. The number of benzene rings is 1. The molecule has 2 saturated heterocycles. The molecular formula is C28H40N4O4S. The second-order valence-electron chi connectivity index (χ2n) is 11.3. The average Bonchev–Trinajstić information content (AvgIpc) is 3.24. The Labute approximate surface area is 224 Å². The summed E-state index contributed by atoms with van der Waals surface area (Å²) in [5.41, 5.74) is 1.90. The summed E-state index contributed by atoms with van der Waals surface area (Å²) in [6.07, 6.45) is 6.48. The second-order valence-corrected chi connectivity index (χ2v) is 12.4. The van der Waals surface area contributed by atoms with Gasteiger partial charge in [0.15, 0.2) is 0 Å². The van der Waals surface area contributed by atoms with Crippen molar-refractivity contribution in [3.05, 3.63) is 35.4 Å². The number of carbonyl (C=O) groups is 3. The molecule has 1 aliphatic carbocycles. The molecule has 3 amide bonds. The zero-order valence-corrected chi connectivity index (χ0v) is 23.2. The summed E-state index contributed by atoms with van der Waals surface area (Å²) in [4.78, 5) is 45.7. The number of fused-ring (bicyclic) bond motifs is 2. The highest BCUT2D eigenvalue weighted by atomic mass is 32.2. The Balaban J connectivity index is 1.43. The molecule has 4 rings (SSSR count). The van der Waals surface area contributed by atoms with Crippen molar-refractivity contribution >= 4 is 35.9 Å². The minimum Gasteiger partial charge on any atom is -0.444 e. The summed E-state index contributed by atoms with van der Waals surface area (Å²) in [6, 6.07) is 6.92. The fraction of sp³-hybridized carbons (Fsp3) is 0.643. The van der Waals surface area contributed by atoms with Crippen LogP contribution in [0.15, 0.2) is 29.3 Å². The third kappa shape index (κ3) is 7.06. The maximum atomic E-state index is 13.7. The number of alkyl carbamates (subject to hydrolysis) is 1. The predicted molar refractivity (Wildman–Crippen MR) is 147 cm³/mol. The van der Waals surface area contributed by atoms with Crippen LogP contribution in [0.4, 0.5) is 4.79 Å². The van der Waals surface area contributed by atoms with Gasteiger partial charge >= 0.3 is 6.09 Å². The zero-order valence-electron chi connectivity index (χ0n) is 22.4. The van der Waals surface area contributed by atoms with Gasteiger partial charge in [0.2, 0.25) is 11.8 Å². The smallest absolute Gasteiger partial charge is 0.408 e. The van der Waals surface area contributed by atoms with E-state index in [4.69, 9.17) is 4.74 Å². The van der Waals surface area contributed by atoms with E-state index in [-0.39, 0.29) is 23.9 Å². The Bertz CT molecular complexity index is 1020. The molecule has 1 aromatic rings. The molecular weight excluding hydrogens is 488 g/mol. The molecule has 2 fully saturated rings. The molecule has 2 aliphatic heterocycles. The number of carbonyl (C=O) groups excluding carboxylic acids is 3. The molecule has 5 atom stereocenters. The first-order valence-corrected chi connectivity index (χ1v) is 14.6. The third-order valence-corrected chi connectivity index (χ3v) is 8.21. The van der Waals surface area contributed by atoms with E-state index < -0.39 is 29.8 Å². The SMILES string of the molecule is C[C@@H](C=N[C@H]1CSCC[C@H]2CC[C@@H](C(=O)N[C@@H]3CCCc4ccccc43)N2C1=O)NC(=O)OC(C)(C)C. The first kappa shape index (κ1) is 27.5. The van der Waals surface area contributed by atoms with Gasteiger partial charge in [0.25, 0.3) is 0 Å². The van der Waals surface area contributed by atoms with Crippen LogP contribution in [0.3, 0.4) is 0 Å². The van der Waals surface area contributed by atoms with Crippen molar-refractivity contribution in [3.63, 3.8) is 0 Å². The van der Waals surface area contributed by atoms with Crippen LogP contribution in [0.25, 0.3) is 0 Å². The van der Waals surface area contributed by atoms with Crippen LogP contribution in [0.1, 0.15) is 77.0 Å². The van der Waals surface area contributed by atoms with E-state index in [0.717, 1.165) is 37.9 Å². The van der Waals surface area contributed by atoms with Crippen LogP contribution in [0.2, 0.25) is 0 Å². The normalized spacial score (nSPS) is 27.0. The largest absolute Gasteiger partial charge is 0.444 e. The first-order chi connectivity index (χ1) is 17.6. The van der Waals surface area contributed by atoms with Gasteiger partial charge < -0.3 is 20.3 Å². The fourth-order valence-electron chi connectivity index (χ4n) is 5.46. The Kier molecular flexibility index (Phi) is 8.82. The van der Waals surface area contributed by atoms with E-state index in [2.05, 4.69) is 27.8 Å². The maximum absolute atomic E-state index is 13.7. The molecule has 9 heteroatoms. The highest BCUT2D eigenvalue weighted by Gasteiger charge is 2.44. The van der Waals surface area contributed by atoms with Gasteiger partial charge in [-0.15, -0.1) is 0 Å². The number of amides is 3. The molecule has 0 bridgehead atoms. The van der Waals surface area contributed by atoms with Gasteiger partial charge in [-0.2, -0.15) is 11.8 Å². The van der Waals surface area contributed by atoms with Gasteiger partial charge in [0.1, 0.15) is 17.7 Å². The second kappa shape index (κ2) is 11.9. The number of nitrogens with zero attached hydrogens (tertiary/aromatic N) is 2. The van der Waals surface area contributed by atoms with Crippen molar-refractivity contribution in [2.75, 3.05) is 11.5 Å². The molecule has 2 N–H and O–H groups in total. The van der Waals surface area contributed by atoms with Gasteiger partial charge in [-0.3, -0.25) is 14.6 Å². The molecule has 1 aromatic carbocycles. The minimum atomic E-state index is -0.590. The summed E-state index contributed by atoms with van der Waals surface area (Å²) in [7, 11) is 0.